The van der Waals surface area contributed by atoms with E-state index in [1.165, 1.54) is 4.31 Å². The Morgan fingerprint density at radius 3 is 2.19 bits per heavy atom. The van der Waals surface area contributed by atoms with Gasteiger partial charge < -0.3 is 11.5 Å². The van der Waals surface area contributed by atoms with Gasteiger partial charge in [0.1, 0.15) is 5.75 Å². The molecule has 1 rings (SSSR count). The molecule has 0 atom stereocenters. The van der Waals surface area contributed by atoms with E-state index >= 15 is 0 Å². The Kier molecular flexibility index (Phi) is 4.22. The number of amides is 1. The average Bonchev–Trinajstić information content (AvgIpc) is 2.16. The van der Waals surface area contributed by atoms with E-state index in [9.17, 15) is 13.2 Å². The molecule has 1 amide bonds. The molecular formula is C8H15N3O3S2. The van der Waals surface area contributed by atoms with Gasteiger partial charge in [0.25, 0.3) is 0 Å². The summed E-state index contributed by atoms with van der Waals surface area (Å²) < 4.78 is 24.7. The quantitative estimate of drug-likeness (QED) is 0.621. The van der Waals surface area contributed by atoms with Crippen LogP contribution in [0.15, 0.2) is 0 Å². The minimum Gasteiger partial charge on any atom is -0.392 e. The van der Waals surface area contributed by atoms with Crippen molar-refractivity contribution in [2.45, 2.75) is 12.8 Å². The summed E-state index contributed by atoms with van der Waals surface area (Å²) in [5.41, 5.74) is 10.4. The van der Waals surface area contributed by atoms with Gasteiger partial charge in [0.2, 0.25) is 15.9 Å². The van der Waals surface area contributed by atoms with Crippen LogP contribution in [-0.4, -0.2) is 42.5 Å². The molecule has 0 saturated carbocycles. The SMILES string of the molecule is NC(=O)C1CCN(S(=O)(=O)CC(N)=S)CC1. The van der Waals surface area contributed by atoms with Crippen molar-refractivity contribution in [3.63, 3.8) is 0 Å². The third-order valence-electron chi connectivity index (χ3n) is 2.57. The summed E-state index contributed by atoms with van der Waals surface area (Å²) in [6.45, 7) is 0.608. The van der Waals surface area contributed by atoms with Gasteiger partial charge in [-0.25, -0.2) is 12.7 Å². The molecule has 0 bridgehead atoms. The van der Waals surface area contributed by atoms with Crippen molar-refractivity contribution < 1.29 is 13.2 Å². The molecule has 1 fully saturated rings. The van der Waals surface area contributed by atoms with Crippen molar-refractivity contribution in [1.29, 1.82) is 0 Å². The number of thiocarbonyl (C=S) groups is 1. The number of piperidine rings is 1. The first-order chi connectivity index (χ1) is 7.33. The van der Waals surface area contributed by atoms with Crippen LogP contribution in [0, 0.1) is 5.92 Å². The van der Waals surface area contributed by atoms with Crippen LogP contribution in [-0.2, 0) is 14.8 Å². The van der Waals surface area contributed by atoms with Crippen molar-refractivity contribution in [3.05, 3.63) is 0 Å². The van der Waals surface area contributed by atoms with Crippen molar-refractivity contribution in [2.75, 3.05) is 18.8 Å². The van der Waals surface area contributed by atoms with E-state index in [-0.39, 0.29) is 22.6 Å². The van der Waals surface area contributed by atoms with Gasteiger partial charge in [-0.3, -0.25) is 4.79 Å². The van der Waals surface area contributed by atoms with Crippen LogP contribution in [0.1, 0.15) is 12.8 Å². The van der Waals surface area contributed by atoms with Crippen molar-refractivity contribution in [1.82, 2.24) is 4.31 Å². The van der Waals surface area contributed by atoms with E-state index in [4.69, 9.17) is 11.5 Å². The Balaban J connectivity index is 2.60. The highest BCUT2D eigenvalue weighted by Crippen LogP contribution is 2.19. The van der Waals surface area contributed by atoms with Gasteiger partial charge in [0, 0.05) is 19.0 Å². The minimum atomic E-state index is -3.42. The molecule has 0 spiro atoms. The molecule has 1 heterocycles. The third-order valence-corrected chi connectivity index (χ3v) is 4.73. The highest BCUT2D eigenvalue weighted by molar-refractivity contribution is 7.92. The van der Waals surface area contributed by atoms with Crippen LogP contribution >= 0.6 is 12.2 Å². The molecule has 1 saturated heterocycles. The number of sulfonamides is 1. The molecule has 92 valence electrons. The molecule has 0 aromatic rings. The molecule has 0 aromatic carbocycles. The topological polar surface area (TPSA) is 106 Å². The normalized spacial score (nSPS) is 19.5. The Morgan fingerprint density at radius 1 is 1.31 bits per heavy atom. The summed E-state index contributed by atoms with van der Waals surface area (Å²) >= 11 is 4.58. The largest absolute Gasteiger partial charge is 0.392 e. The second-order valence-electron chi connectivity index (χ2n) is 3.80. The predicted molar refractivity (Wildman–Crippen MR) is 64.1 cm³/mol. The molecule has 8 heteroatoms. The van der Waals surface area contributed by atoms with Crippen LogP contribution < -0.4 is 11.5 Å². The maximum atomic E-state index is 11.7. The lowest BCUT2D eigenvalue weighted by Crippen LogP contribution is -2.44. The van der Waals surface area contributed by atoms with Gasteiger partial charge in [-0.15, -0.1) is 0 Å². The Bertz CT molecular complexity index is 385. The molecular weight excluding hydrogens is 250 g/mol. The summed E-state index contributed by atoms with van der Waals surface area (Å²) in [6, 6.07) is 0. The average molecular weight is 265 g/mol. The summed E-state index contributed by atoms with van der Waals surface area (Å²) in [7, 11) is -3.42. The highest BCUT2D eigenvalue weighted by Gasteiger charge is 2.30. The summed E-state index contributed by atoms with van der Waals surface area (Å²) in [5, 5.41) is 0. The monoisotopic (exact) mass is 265 g/mol. The Morgan fingerprint density at radius 2 is 1.81 bits per heavy atom. The second kappa shape index (κ2) is 5.07. The standard InChI is InChI=1S/C8H15N3O3S2/c9-7(15)5-16(13,14)11-3-1-6(2-4-11)8(10)12/h6H,1-5H2,(H2,9,15)(H2,10,12). The van der Waals surface area contributed by atoms with E-state index in [0.29, 0.717) is 25.9 Å². The zero-order valence-corrected chi connectivity index (χ0v) is 10.4. The molecule has 6 nitrogen and oxygen atoms in total. The molecule has 0 radical (unpaired) electrons. The maximum Gasteiger partial charge on any atom is 0.220 e. The number of nitrogens with two attached hydrogens (primary N) is 2. The second-order valence-corrected chi connectivity index (χ2v) is 6.29. The number of rotatable bonds is 4. The van der Waals surface area contributed by atoms with E-state index in [1.807, 2.05) is 0 Å². The molecule has 1 aliphatic heterocycles. The number of nitrogens with zero attached hydrogens (tertiary/aromatic N) is 1. The van der Waals surface area contributed by atoms with E-state index in [1.54, 1.807) is 0 Å². The lowest BCUT2D eigenvalue weighted by atomic mass is 9.98. The Hall–Kier alpha value is -0.730. The number of hydrogen-bond acceptors (Lipinski definition) is 4. The number of carbonyl (C=O) groups excluding carboxylic acids is 1. The van der Waals surface area contributed by atoms with Gasteiger partial charge in [-0.1, -0.05) is 12.2 Å². The fraction of sp³-hybridized carbons (Fsp3) is 0.750. The fourth-order valence-electron chi connectivity index (χ4n) is 1.69. The summed E-state index contributed by atoms with van der Waals surface area (Å²) in [5.74, 6) is -0.911. The molecule has 4 N–H and O–H groups in total. The zero-order valence-electron chi connectivity index (χ0n) is 8.76. The van der Waals surface area contributed by atoms with Gasteiger partial charge in [-0.05, 0) is 12.8 Å². The molecule has 1 aliphatic rings. The van der Waals surface area contributed by atoms with Gasteiger partial charge in [0.15, 0.2) is 0 Å². The van der Waals surface area contributed by atoms with E-state index in [2.05, 4.69) is 12.2 Å². The Labute approximate surface area is 100 Å². The van der Waals surface area contributed by atoms with E-state index < -0.39 is 10.0 Å². The van der Waals surface area contributed by atoms with E-state index in [0.717, 1.165) is 0 Å². The maximum absolute atomic E-state index is 11.7. The van der Waals surface area contributed by atoms with Crippen molar-refractivity contribution in [2.24, 2.45) is 17.4 Å². The first-order valence-corrected chi connectivity index (χ1v) is 6.90. The molecule has 0 aliphatic carbocycles. The van der Waals surface area contributed by atoms with Crippen LogP contribution in [0.25, 0.3) is 0 Å². The number of primary amides is 1. The lowest BCUT2D eigenvalue weighted by Gasteiger charge is -2.29. The van der Waals surface area contributed by atoms with Crippen LogP contribution in [0.2, 0.25) is 0 Å². The molecule has 0 unspecified atom stereocenters. The van der Waals surface area contributed by atoms with Crippen molar-refractivity contribution >= 4 is 33.1 Å². The first-order valence-electron chi connectivity index (χ1n) is 4.88. The van der Waals surface area contributed by atoms with Gasteiger partial charge in [0.05, 0.1) is 4.99 Å². The van der Waals surface area contributed by atoms with Gasteiger partial charge in [-0.2, -0.15) is 0 Å². The zero-order chi connectivity index (χ0) is 12.3. The molecule has 16 heavy (non-hydrogen) atoms. The third kappa shape index (κ3) is 3.39. The lowest BCUT2D eigenvalue weighted by molar-refractivity contribution is -0.122. The van der Waals surface area contributed by atoms with Crippen LogP contribution in [0.3, 0.4) is 0 Å². The molecule has 0 aromatic heterocycles. The predicted octanol–water partition coefficient (Wildman–Crippen LogP) is -1.20. The van der Waals surface area contributed by atoms with Gasteiger partial charge >= 0.3 is 0 Å². The number of hydrogen-bond donors (Lipinski definition) is 2. The minimum absolute atomic E-state index is 0.0444. The summed E-state index contributed by atoms with van der Waals surface area (Å²) in [4.78, 5) is 10.9. The first kappa shape index (κ1) is 13.3. The highest BCUT2D eigenvalue weighted by atomic mass is 32.2. The fourth-order valence-corrected chi connectivity index (χ4v) is 3.45. The van der Waals surface area contributed by atoms with Crippen LogP contribution in [0.5, 0.6) is 0 Å². The van der Waals surface area contributed by atoms with Crippen molar-refractivity contribution in [3.8, 4) is 0 Å². The smallest absolute Gasteiger partial charge is 0.220 e. The van der Waals surface area contributed by atoms with Crippen LogP contribution in [0.4, 0.5) is 0 Å². The number of carbonyl (C=O) groups is 1. The summed E-state index contributed by atoms with van der Waals surface area (Å²) in [6.07, 6.45) is 0.928.